The lowest BCUT2D eigenvalue weighted by molar-refractivity contribution is -0.182. The summed E-state index contributed by atoms with van der Waals surface area (Å²) >= 11 is 0. The molecule has 1 saturated carbocycles. The Kier molecular flexibility index (Phi) is 5.12. The molecule has 1 aliphatic carbocycles. The summed E-state index contributed by atoms with van der Waals surface area (Å²) in [5.74, 6) is -0.474. The fourth-order valence-electron chi connectivity index (χ4n) is 3.31. The first-order chi connectivity index (χ1) is 8.97. The van der Waals surface area contributed by atoms with Crippen LogP contribution in [0.1, 0.15) is 45.4 Å². The van der Waals surface area contributed by atoms with Gasteiger partial charge in [-0.25, -0.2) is 0 Å². The topological polar surface area (TPSA) is 21.3 Å². The van der Waals surface area contributed by atoms with Crippen LogP contribution in [0.4, 0.5) is 13.2 Å². The summed E-state index contributed by atoms with van der Waals surface area (Å²) in [6.07, 6.45) is -0.0196. The van der Waals surface area contributed by atoms with Gasteiger partial charge >= 0.3 is 6.18 Å². The molecule has 2 fully saturated rings. The summed E-state index contributed by atoms with van der Waals surface area (Å²) in [7, 11) is 0. The van der Waals surface area contributed by atoms with E-state index in [4.69, 9.17) is 4.74 Å². The van der Waals surface area contributed by atoms with Crippen molar-refractivity contribution in [2.45, 2.75) is 63.7 Å². The second-order valence-electron chi connectivity index (χ2n) is 6.00. The highest BCUT2D eigenvalue weighted by Gasteiger charge is 2.41. The molecule has 5 heteroatoms. The quantitative estimate of drug-likeness (QED) is 0.853. The molecule has 1 saturated heterocycles. The number of halogens is 3. The van der Waals surface area contributed by atoms with Gasteiger partial charge in [-0.05, 0) is 51.4 Å². The molecule has 112 valence electrons. The van der Waals surface area contributed by atoms with Gasteiger partial charge in [0, 0.05) is 25.3 Å². The number of nitrogens with one attached hydrogen (secondary N) is 1. The molecule has 0 aromatic heterocycles. The first kappa shape index (κ1) is 15.1. The van der Waals surface area contributed by atoms with Gasteiger partial charge in [0.2, 0.25) is 0 Å². The van der Waals surface area contributed by atoms with Gasteiger partial charge in [-0.2, -0.15) is 13.2 Å². The van der Waals surface area contributed by atoms with E-state index in [1.807, 2.05) is 0 Å². The van der Waals surface area contributed by atoms with E-state index in [1.165, 1.54) is 0 Å². The second-order valence-corrected chi connectivity index (χ2v) is 6.00. The van der Waals surface area contributed by atoms with Crippen LogP contribution in [0.25, 0.3) is 0 Å². The van der Waals surface area contributed by atoms with Crippen LogP contribution in [-0.4, -0.2) is 31.5 Å². The molecule has 2 nitrogen and oxygen atoms in total. The molecule has 0 aromatic carbocycles. The van der Waals surface area contributed by atoms with Crippen LogP contribution >= 0.6 is 0 Å². The molecule has 0 aromatic rings. The molecule has 19 heavy (non-hydrogen) atoms. The van der Waals surface area contributed by atoms with Crippen LogP contribution in [-0.2, 0) is 4.74 Å². The molecule has 1 unspecified atom stereocenters. The van der Waals surface area contributed by atoms with E-state index in [0.29, 0.717) is 24.8 Å². The van der Waals surface area contributed by atoms with E-state index in [-0.39, 0.29) is 18.9 Å². The summed E-state index contributed by atoms with van der Waals surface area (Å²) < 4.78 is 43.1. The number of hydrogen-bond donors (Lipinski definition) is 1. The highest BCUT2D eigenvalue weighted by atomic mass is 19.4. The summed E-state index contributed by atoms with van der Waals surface area (Å²) in [5.41, 5.74) is 0. The molecule has 0 bridgehead atoms. The Balaban J connectivity index is 1.73. The Labute approximate surface area is 113 Å². The fourth-order valence-corrected chi connectivity index (χ4v) is 3.31. The minimum absolute atomic E-state index is 0.261. The zero-order valence-corrected chi connectivity index (χ0v) is 11.5. The number of alkyl halides is 3. The lowest BCUT2D eigenvalue weighted by Gasteiger charge is -2.35. The van der Waals surface area contributed by atoms with Gasteiger partial charge in [-0.1, -0.05) is 0 Å². The van der Waals surface area contributed by atoms with Crippen molar-refractivity contribution in [2.75, 3.05) is 13.2 Å². The average Bonchev–Trinajstić information content (AvgIpc) is 2.39. The van der Waals surface area contributed by atoms with Crippen LogP contribution in [0.2, 0.25) is 0 Å². The van der Waals surface area contributed by atoms with Gasteiger partial charge in [0.1, 0.15) is 0 Å². The van der Waals surface area contributed by atoms with Gasteiger partial charge in [0.15, 0.2) is 0 Å². The van der Waals surface area contributed by atoms with Crippen molar-refractivity contribution in [3.05, 3.63) is 0 Å². The SMILES string of the molecule is CC(NC1CCC(C(F)(F)F)CC1)C1CCOCC1. The number of hydrogen-bond acceptors (Lipinski definition) is 2. The Morgan fingerprint density at radius 3 is 2.11 bits per heavy atom. The van der Waals surface area contributed by atoms with Gasteiger partial charge in [0.25, 0.3) is 0 Å². The maximum atomic E-state index is 12.6. The second kappa shape index (κ2) is 6.44. The molecule has 1 atom stereocenters. The molecule has 2 aliphatic rings. The molecule has 1 aliphatic heterocycles. The Hall–Kier alpha value is -0.290. The third kappa shape index (κ3) is 4.35. The lowest BCUT2D eigenvalue weighted by Crippen LogP contribution is -2.45. The third-order valence-electron chi connectivity index (χ3n) is 4.66. The van der Waals surface area contributed by atoms with E-state index in [0.717, 1.165) is 26.1 Å². The van der Waals surface area contributed by atoms with Crippen LogP contribution in [0.15, 0.2) is 0 Å². The summed E-state index contributed by atoms with van der Waals surface area (Å²) in [4.78, 5) is 0. The zero-order valence-electron chi connectivity index (χ0n) is 11.5. The minimum atomic E-state index is -4.00. The van der Waals surface area contributed by atoms with Crippen LogP contribution in [0.3, 0.4) is 0 Å². The number of ether oxygens (including phenoxy) is 1. The summed E-state index contributed by atoms with van der Waals surface area (Å²) in [5, 5.41) is 3.54. The molecule has 1 heterocycles. The maximum Gasteiger partial charge on any atom is 0.391 e. The van der Waals surface area contributed by atoms with Gasteiger partial charge in [0.05, 0.1) is 5.92 Å². The Bertz CT molecular complexity index is 268. The maximum absolute atomic E-state index is 12.6. The first-order valence-corrected chi connectivity index (χ1v) is 7.37. The normalized spacial score (nSPS) is 32.2. The van der Waals surface area contributed by atoms with Gasteiger partial charge in [-0.15, -0.1) is 0 Å². The fraction of sp³-hybridized carbons (Fsp3) is 1.00. The smallest absolute Gasteiger partial charge is 0.381 e. The molecular formula is C14H24F3NO. The van der Waals surface area contributed by atoms with E-state index in [1.54, 1.807) is 0 Å². The highest BCUT2D eigenvalue weighted by Crippen LogP contribution is 2.37. The minimum Gasteiger partial charge on any atom is -0.381 e. The van der Waals surface area contributed by atoms with Crippen LogP contribution in [0.5, 0.6) is 0 Å². The Morgan fingerprint density at radius 1 is 1.00 bits per heavy atom. The standard InChI is InChI=1S/C14H24F3NO/c1-10(11-6-8-19-9-7-11)18-13-4-2-12(3-5-13)14(15,16)17/h10-13,18H,2-9H2,1H3. The largest absolute Gasteiger partial charge is 0.391 e. The molecule has 0 radical (unpaired) electrons. The summed E-state index contributed by atoms with van der Waals surface area (Å²) in [6.45, 7) is 3.79. The van der Waals surface area contributed by atoms with Crippen molar-refractivity contribution in [1.82, 2.24) is 5.32 Å². The van der Waals surface area contributed by atoms with Crippen molar-refractivity contribution >= 4 is 0 Å². The van der Waals surface area contributed by atoms with Crippen LogP contribution < -0.4 is 5.32 Å². The van der Waals surface area contributed by atoms with E-state index >= 15 is 0 Å². The Morgan fingerprint density at radius 2 is 1.58 bits per heavy atom. The molecular weight excluding hydrogens is 255 g/mol. The molecule has 2 rings (SSSR count). The molecule has 0 amide bonds. The highest BCUT2D eigenvalue weighted by molar-refractivity contribution is 4.84. The van der Waals surface area contributed by atoms with Crippen molar-refractivity contribution in [3.8, 4) is 0 Å². The van der Waals surface area contributed by atoms with E-state index < -0.39 is 12.1 Å². The van der Waals surface area contributed by atoms with Crippen molar-refractivity contribution < 1.29 is 17.9 Å². The van der Waals surface area contributed by atoms with Gasteiger partial charge in [-0.3, -0.25) is 0 Å². The van der Waals surface area contributed by atoms with Crippen LogP contribution in [0, 0.1) is 11.8 Å². The summed E-state index contributed by atoms with van der Waals surface area (Å²) in [6, 6.07) is 0.646. The first-order valence-electron chi connectivity index (χ1n) is 7.37. The molecule has 1 N–H and O–H groups in total. The van der Waals surface area contributed by atoms with Gasteiger partial charge < -0.3 is 10.1 Å². The van der Waals surface area contributed by atoms with Crippen molar-refractivity contribution in [2.24, 2.45) is 11.8 Å². The monoisotopic (exact) mass is 279 g/mol. The van der Waals surface area contributed by atoms with Crippen molar-refractivity contribution in [3.63, 3.8) is 0 Å². The zero-order chi connectivity index (χ0) is 13.9. The van der Waals surface area contributed by atoms with E-state index in [9.17, 15) is 13.2 Å². The number of rotatable bonds is 3. The predicted molar refractivity (Wildman–Crippen MR) is 67.9 cm³/mol. The van der Waals surface area contributed by atoms with E-state index in [2.05, 4.69) is 12.2 Å². The lowest BCUT2D eigenvalue weighted by atomic mass is 9.84. The predicted octanol–water partition coefficient (Wildman–Crippen LogP) is 3.51. The molecule has 0 spiro atoms. The van der Waals surface area contributed by atoms with Crippen molar-refractivity contribution in [1.29, 1.82) is 0 Å². The average molecular weight is 279 g/mol. The third-order valence-corrected chi connectivity index (χ3v) is 4.66.